The molecule has 0 aromatic heterocycles. The average Bonchev–Trinajstić information content (AvgIpc) is 1.46. The molecule has 0 aromatic carbocycles. The normalized spacial score (nSPS) is 3.43. The summed E-state index contributed by atoms with van der Waals surface area (Å²) in [4.78, 5) is 0. The van der Waals surface area contributed by atoms with Gasteiger partial charge >= 0.3 is 0 Å². The van der Waals surface area contributed by atoms with Crippen LogP contribution in [0.25, 0.3) is 0 Å². The van der Waals surface area contributed by atoms with Gasteiger partial charge in [-0.1, -0.05) is 0 Å². The Balaban J connectivity index is -0.0000000105. The van der Waals surface area contributed by atoms with Gasteiger partial charge < -0.3 is 10.4 Å². The number of nitrogens with one attached hydrogen (secondary N) is 1. The number of hydrogen-bond acceptors (Lipinski definition) is 2. The second-order valence-electron chi connectivity index (χ2n) is 0.500. The monoisotopic (exact) mass is 172 g/mol. The predicted octanol–water partition coefficient (Wildman–Crippen LogP) is -0.137. The van der Waals surface area contributed by atoms with Crippen LogP contribution in [0.1, 0.15) is 0 Å². The predicted molar refractivity (Wildman–Crippen MR) is 30.4 cm³/mol. The first kappa shape index (κ1) is 25.2. The van der Waals surface area contributed by atoms with Gasteiger partial charge in [0.2, 0.25) is 0 Å². The molecule has 2 N–H and O–H groups in total. The van der Waals surface area contributed by atoms with Gasteiger partial charge in [0, 0.05) is 23.9 Å². The van der Waals surface area contributed by atoms with Gasteiger partial charge in [-0.2, -0.15) is 0 Å². The molecule has 0 atom stereocenters. The summed E-state index contributed by atoms with van der Waals surface area (Å²) in [5.41, 5.74) is 0. The maximum Gasteiger partial charge on any atom is 0.0319 e. The maximum atomic E-state index is 7.00. The van der Waals surface area contributed by atoms with Crippen molar-refractivity contribution in [1.29, 1.82) is 0 Å². The molecule has 0 aliphatic rings. The van der Waals surface area contributed by atoms with Crippen LogP contribution in [-0.4, -0.2) is 26.3 Å². The molecule has 0 aromatic rings. The van der Waals surface area contributed by atoms with E-state index >= 15 is 0 Å². The summed E-state index contributed by atoms with van der Waals surface area (Å²) < 4.78 is 0. The van der Waals surface area contributed by atoms with Crippen molar-refractivity contribution in [2.45, 2.75) is 0 Å². The molecule has 0 unspecified atom stereocenters. The van der Waals surface area contributed by atoms with Crippen molar-refractivity contribution >= 4 is 12.4 Å². The molecule has 7 heavy (non-hydrogen) atoms. The van der Waals surface area contributed by atoms with Gasteiger partial charge in [-0.25, -0.2) is 0 Å². The fraction of sp³-hybridized carbons (Fsp3) is 1.00. The van der Waals surface area contributed by atoms with E-state index in [2.05, 4.69) is 5.32 Å². The number of aliphatic hydroxyl groups excluding tert-OH is 1. The van der Waals surface area contributed by atoms with Gasteiger partial charge in [-0.3, -0.25) is 0 Å². The van der Waals surface area contributed by atoms with Gasteiger partial charge in [0.05, 0.1) is 0 Å². The van der Waals surface area contributed by atoms with Crippen LogP contribution >= 0.6 is 12.4 Å². The van der Waals surface area contributed by atoms with E-state index in [0.29, 0.717) is 0 Å². The molecule has 0 spiro atoms. The third-order valence-corrected chi connectivity index (χ3v) is 0. The molecule has 51 valence electrons. The molecule has 0 aliphatic carbocycles. The first-order chi connectivity index (χ1) is 2.41. The van der Waals surface area contributed by atoms with Crippen molar-refractivity contribution < 1.29 is 21.9 Å². The Labute approximate surface area is 61.3 Å². The molecule has 1 radical (unpaired) electrons. The van der Waals surface area contributed by atoms with Crippen molar-refractivity contribution in [2.24, 2.45) is 0 Å². The minimum atomic E-state index is 0. The fourth-order valence-corrected chi connectivity index (χ4v) is 0. The van der Waals surface area contributed by atoms with Crippen LogP contribution < -0.4 is 5.32 Å². The van der Waals surface area contributed by atoms with E-state index in [-0.39, 0.29) is 29.2 Å². The van der Waals surface area contributed by atoms with E-state index in [0.717, 1.165) is 7.11 Å². The van der Waals surface area contributed by atoms with Gasteiger partial charge in [0.25, 0.3) is 0 Å². The van der Waals surface area contributed by atoms with Crippen LogP contribution in [0.4, 0.5) is 0 Å². The molecule has 0 heterocycles. The van der Waals surface area contributed by atoms with E-state index < -0.39 is 0 Å². The van der Waals surface area contributed by atoms with Gasteiger partial charge in [-0.15, -0.1) is 12.4 Å². The zero-order valence-electron chi connectivity index (χ0n) is 4.69. The first-order valence-electron chi connectivity index (χ1n) is 1.45. The summed E-state index contributed by atoms with van der Waals surface area (Å²) in [6.45, 7) is 0. The minimum Gasteiger partial charge on any atom is -0.400 e. The van der Waals surface area contributed by atoms with Crippen molar-refractivity contribution in [2.75, 3.05) is 21.2 Å². The van der Waals surface area contributed by atoms with Crippen LogP contribution in [-0.2, 0) is 16.8 Å². The minimum absolute atomic E-state index is 0. The Kier molecular flexibility index (Phi) is 268. The number of aliphatic hydroxyl groups is 1. The average molecular weight is 173 g/mol. The molecule has 0 bridgehead atoms. The van der Waals surface area contributed by atoms with E-state index in [4.69, 9.17) is 5.11 Å². The Hall–Kier alpha value is 0.716. The van der Waals surface area contributed by atoms with Crippen molar-refractivity contribution in [3.8, 4) is 0 Å². The smallest absolute Gasteiger partial charge is 0.0319 e. The zero-order valence-corrected chi connectivity index (χ0v) is 6.55. The Morgan fingerprint density at radius 2 is 1.14 bits per heavy atom. The van der Waals surface area contributed by atoms with Gasteiger partial charge in [0.15, 0.2) is 0 Å². The molecule has 0 rings (SSSR count). The summed E-state index contributed by atoms with van der Waals surface area (Å²) >= 11 is 0. The van der Waals surface area contributed by atoms with Crippen LogP contribution in [0, 0.1) is 0 Å². The van der Waals surface area contributed by atoms with Gasteiger partial charge in [-0.05, 0) is 14.1 Å². The topological polar surface area (TPSA) is 32.3 Å². The third kappa shape index (κ3) is 291. The van der Waals surface area contributed by atoms with Crippen molar-refractivity contribution in [1.82, 2.24) is 5.32 Å². The Bertz CT molecular complexity index is 14.9. The second kappa shape index (κ2) is 74.5. The summed E-state index contributed by atoms with van der Waals surface area (Å²) in [7, 11) is 4.75. The molecule has 2 nitrogen and oxygen atoms in total. The van der Waals surface area contributed by atoms with Crippen LogP contribution in [0.2, 0.25) is 0 Å². The van der Waals surface area contributed by atoms with E-state index in [1.807, 2.05) is 14.1 Å². The summed E-state index contributed by atoms with van der Waals surface area (Å²) in [5.74, 6) is 0. The summed E-state index contributed by atoms with van der Waals surface area (Å²) in [5, 5.41) is 9.75. The van der Waals surface area contributed by atoms with E-state index in [1.54, 1.807) is 0 Å². The van der Waals surface area contributed by atoms with E-state index in [1.165, 1.54) is 0 Å². The molecule has 0 saturated heterocycles. The van der Waals surface area contributed by atoms with Crippen LogP contribution in [0.5, 0.6) is 0 Å². The number of hydrogen-bond donors (Lipinski definition) is 2. The summed E-state index contributed by atoms with van der Waals surface area (Å²) in [6, 6.07) is 0. The SMILES string of the molecule is CNC.CO.Cl.[Co]. The molecule has 0 aliphatic heterocycles. The first-order valence-corrected chi connectivity index (χ1v) is 1.45. The second-order valence-corrected chi connectivity index (χ2v) is 0.500. The number of halogens is 1. The molecule has 0 amide bonds. The fourth-order valence-electron chi connectivity index (χ4n) is 0. The van der Waals surface area contributed by atoms with Crippen molar-refractivity contribution in [3.05, 3.63) is 0 Å². The standard InChI is InChI=1S/C2H7N.CH4O.ClH.Co/c1-3-2;1-2;;/h3H,1-2H3;2H,1H3;1H;. The maximum absolute atomic E-state index is 7.00. The van der Waals surface area contributed by atoms with Crippen molar-refractivity contribution in [3.63, 3.8) is 0 Å². The Morgan fingerprint density at radius 3 is 1.14 bits per heavy atom. The zero-order chi connectivity index (χ0) is 4.71. The van der Waals surface area contributed by atoms with E-state index in [9.17, 15) is 0 Å². The largest absolute Gasteiger partial charge is 0.400 e. The van der Waals surface area contributed by atoms with Crippen LogP contribution in [0.3, 0.4) is 0 Å². The summed E-state index contributed by atoms with van der Waals surface area (Å²) in [6.07, 6.45) is 0. The van der Waals surface area contributed by atoms with Gasteiger partial charge in [0.1, 0.15) is 0 Å². The quantitative estimate of drug-likeness (QED) is 0.533. The molecule has 4 heteroatoms. The third-order valence-electron chi connectivity index (χ3n) is 0. The molecule has 0 saturated carbocycles. The Morgan fingerprint density at radius 1 is 1.14 bits per heavy atom. The number of rotatable bonds is 0. The molecule has 0 fully saturated rings. The molecular formula is C3H12ClCoNO. The molecular weight excluding hydrogens is 160 g/mol. The van der Waals surface area contributed by atoms with Crippen LogP contribution in [0.15, 0.2) is 0 Å².